The molecule has 1 aliphatic carbocycles. The largest absolute Gasteiger partial charge is 0.353 e. The van der Waals surface area contributed by atoms with Crippen molar-refractivity contribution < 1.29 is 4.79 Å². The highest BCUT2D eigenvalue weighted by Gasteiger charge is 2.32. The standard InChI is InChI=1S/C18H26N2O/c21-18(20-16-10-12-19-13-11-16)17(15-8-4-5-9-15)14-6-2-1-3-7-14/h1-3,6-7,15-17,19H,4-5,8-13H2,(H,20,21). The van der Waals surface area contributed by atoms with E-state index in [1.807, 2.05) is 6.07 Å². The van der Waals surface area contributed by atoms with E-state index >= 15 is 0 Å². The van der Waals surface area contributed by atoms with Crippen LogP contribution in [0.5, 0.6) is 0 Å². The van der Waals surface area contributed by atoms with Crippen molar-refractivity contribution in [3.05, 3.63) is 35.9 Å². The van der Waals surface area contributed by atoms with Gasteiger partial charge in [-0.1, -0.05) is 43.2 Å². The molecule has 2 aliphatic rings. The number of piperidine rings is 1. The van der Waals surface area contributed by atoms with Gasteiger partial charge in [0.2, 0.25) is 5.91 Å². The number of carbonyl (C=O) groups is 1. The van der Waals surface area contributed by atoms with Crippen LogP contribution < -0.4 is 10.6 Å². The Bertz CT molecular complexity index is 448. The van der Waals surface area contributed by atoms with E-state index in [-0.39, 0.29) is 11.8 Å². The molecule has 1 amide bonds. The van der Waals surface area contributed by atoms with Gasteiger partial charge in [-0.25, -0.2) is 0 Å². The van der Waals surface area contributed by atoms with Gasteiger partial charge >= 0.3 is 0 Å². The summed E-state index contributed by atoms with van der Waals surface area (Å²) < 4.78 is 0. The third-order valence-electron chi connectivity index (χ3n) is 5.00. The molecule has 0 radical (unpaired) electrons. The smallest absolute Gasteiger partial charge is 0.228 e. The molecule has 0 aromatic heterocycles. The van der Waals surface area contributed by atoms with Gasteiger partial charge in [-0.05, 0) is 50.3 Å². The topological polar surface area (TPSA) is 41.1 Å². The van der Waals surface area contributed by atoms with Crippen LogP contribution in [0.15, 0.2) is 30.3 Å². The van der Waals surface area contributed by atoms with Crippen LogP contribution >= 0.6 is 0 Å². The van der Waals surface area contributed by atoms with Gasteiger partial charge < -0.3 is 10.6 Å². The lowest BCUT2D eigenvalue weighted by atomic mass is 9.84. The van der Waals surface area contributed by atoms with Crippen molar-refractivity contribution in [2.75, 3.05) is 13.1 Å². The predicted molar refractivity (Wildman–Crippen MR) is 85.2 cm³/mol. The molecule has 3 rings (SSSR count). The van der Waals surface area contributed by atoms with Gasteiger partial charge in [0, 0.05) is 6.04 Å². The van der Waals surface area contributed by atoms with Crippen LogP contribution in [0.4, 0.5) is 0 Å². The number of benzene rings is 1. The third kappa shape index (κ3) is 3.65. The minimum absolute atomic E-state index is 0.0450. The highest BCUT2D eigenvalue weighted by atomic mass is 16.2. The van der Waals surface area contributed by atoms with Crippen molar-refractivity contribution >= 4 is 5.91 Å². The summed E-state index contributed by atoms with van der Waals surface area (Å²) in [6, 6.07) is 10.7. The molecule has 1 atom stereocenters. The first-order chi connectivity index (χ1) is 10.3. The van der Waals surface area contributed by atoms with Gasteiger partial charge in [-0.2, -0.15) is 0 Å². The molecule has 1 heterocycles. The minimum Gasteiger partial charge on any atom is -0.353 e. The fraction of sp³-hybridized carbons (Fsp3) is 0.611. The molecule has 0 spiro atoms. The number of amides is 1. The second kappa shape index (κ2) is 7.08. The number of hydrogen-bond acceptors (Lipinski definition) is 2. The molecule has 1 saturated carbocycles. The van der Waals surface area contributed by atoms with Gasteiger partial charge in [0.25, 0.3) is 0 Å². The average molecular weight is 286 g/mol. The first kappa shape index (κ1) is 14.6. The van der Waals surface area contributed by atoms with Crippen molar-refractivity contribution in [2.24, 2.45) is 5.92 Å². The fourth-order valence-electron chi connectivity index (χ4n) is 3.85. The van der Waals surface area contributed by atoms with Crippen LogP contribution in [0.3, 0.4) is 0 Å². The average Bonchev–Trinajstić information content (AvgIpc) is 3.03. The molecule has 2 N–H and O–H groups in total. The van der Waals surface area contributed by atoms with Crippen molar-refractivity contribution in [2.45, 2.75) is 50.5 Å². The van der Waals surface area contributed by atoms with Crippen LogP contribution in [0.25, 0.3) is 0 Å². The lowest BCUT2D eigenvalue weighted by Crippen LogP contribution is -2.45. The minimum atomic E-state index is 0.0450. The van der Waals surface area contributed by atoms with E-state index < -0.39 is 0 Å². The molecule has 0 bridgehead atoms. The van der Waals surface area contributed by atoms with Crippen LogP contribution in [-0.2, 0) is 4.79 Å². The Morgan fingerprint density at radius 1 is 1.05 bits per heavy atom. The summed E-state index contributed by atoms with van der Waals surface area (Å²) in [5.41, 5.74) is 1.19. The molecule has 2 fully saturated rings. The Balaban J connectivity index is 1.72. The molecule has 1 aromatic rings. The number of hydrogen-bond donors (Lipinski definition) is 2. The van der Waals surface area contributed by atoms with Crippen LogP contribution in [0.1, 0.15) is 50.0 Å². The van der Waals surface area contributed by atoms with Gasteiger partial charge in [0.1, 0.15) is 0 Å². The summed E-state index contributed by atoms with van der Waals surface area (Å²) >= 11 is 0. The Morgan fingerprint density at radius 3 is 2.38 bits per heavy atom. The van der Waals surface area contributed by atoms with Crippen LogP contribution in [-0.4, -0.2) is 25.0 Å². The van der Waals surface area contributed by atoms with E-state index in [0.717, 1.165) is 25.9 Å². The van der Waals surface area contributed by atoms with Crippen molar-refractivity contribution in [3.8, 4) is 0 Å². The molecule has 1 aromatic carbocycles. The zero-order chi connectivity index (χ0) is 14.5. The molecular formula is C18H26N2O. The maximum absolute atomic E-state index is 12.9. The third-order valence-corrected chi connectivity index (χ3v) is 5.00. The Kier molecular flexibility index (Phi) is 4.91. The van der Waals surface area contributed by atoms with E-state index in [2.05, 4.69) is 34.9 Å². The zero-order valence-corrected chi connectivity index (χ0v) is 12.7. The van der Waals surface area contributed by atoms with Crippen LogP contribution in [0, 0.1) is 5.92 Å². The molecule has 1 saturated heterocycles. The highest BCUT2D eigenvalue weighted by Crippen LogP contribution is 2.37. The molecule has 1 aliphatic heterocycles. The maximum Gasteiger partial charge on any atom is 0.228 e. The second-order valence-corrected chi connectivity index (χ2v) is 6.47. The first-order valence-electron chi connectivity index (χ1n) is 8.40. The Morgan fingerprint density at radius 2 is 1.71 bits per heavy atom. The second-order valence-electron chi connectivity index (χ2n) is 6.47. The SMILES string of the molecule is O=C(NC1CCNCC1)C(c1ccccc1)C1CCCC1. The lowest BCUT2D eigenvalue weighted by molar-refractivity contribution is -0.124. The van der Waals surface area contributed by atoms with Gasteiger partial charge in [-0.3, -0.25) is 4.79 Å². The van der Waals surface area contributed by atoms with Gasteiger partial charge in [0.05, 0.1) is 5.92 Å². The van der Waals surface area contributed by atoms with E-state index in [1.54, 1.807) is 0 Å². The summed E-state index contributed by atoms with van der Waals surface area (Å²) in [7, 11) is 0. The van der Waals surface area contributed by atoms with Crippen molar-refractivity contribution in [3.63, 3.8) is 0 Å². The maximum atomic E-state index is 12.9. The number of nitrogens with one attached hydrogen (secondary N) is 2. The van der Waals surface area contributed by atoms with E-state index in [0.29, 0.717) is 12.0 Å². The summed E-state index contributed by atoms with van der Waals surface area (Å²) in [6.45, 7) is 2.04. The molecule has 1 unspecified atom stereocenters. The molecular weight excluding hydrogens is 260 g/mol. The molecule has 3 heteroatoms. The fourth-order valence-corrected chi connectivity index (χ4v) is 3.85. The van der Waals surface area contributed by atoms with Gasteiger partial charge in [-0.15, -0.1) is 0 Å². The number of rotatable bonds is 4. The number of carbonyl (C=O) groups excluding carboxylic acids is 1. The predicted octanol–water partition coefficient (Wildman–Crippen LogP) is 2.83. The summed E-state index contributed by atoms with van der Waals surface area (Å²) in [5.74, 6) is 0.817. The summed E-state index contributed by atoms with van der Waals surface area (Å²) in [4.78, 5) is 12.9. The van der Waals surface area contributed by atoms with Crippen molar-refractivity contribution in [1.82, 2.24) is 10.6 Å². The Hall–Kier alpha value is -1.35. The van der Waals surface area contributed by atoms with Gasteiger partial charge in [0.15, 0.2) is 0 Å². The quantitative estimate of drug-likeness (QED) is 0.893. The molecule has 3 nitrogen and oxygen atoms in total. The van der Waals surface area contributed by atoms with Crippen LogP contribution in [0.2, 0.25) is 0 Å². The zero-order valence-electron chi connectivity index (χ0n) is 12.7. The van der Waals surface area contributed by atoms with Crippen molar-refractivity contribution in [1.29, 1.82) is 0 Å². The monoisotopic (exact) mass is 286 g/mol. The Labute approximate surface area is 127 Å². The molecule has 21 heavy (non-hydrogen) atoms. The summed E-state index contributed by atoms with van der Waals surface area (Å²) in [5, 5.41) is 6.67. The normalized spacial score (nSPS) is 22.1. The highest BCUT2D eigenvalue weighted by molar-refractivity contribution is 5.84. The van der Waals surface area contributed by atoms with E-state index in [9.17, 15) is 4.79 Å². The van der Waals surface area contributed by atoms with E-state index in [4.69, 9.17) is 0 Å². The molecule has 114 valence electrons. The lowest BCUT2D eigenvalue weighted by Gasteiger charge is -2.28. The first-order valence-corrected chi connectivity index (χ1v) is 8.40. The van der Waals surface area contributed by atoms with E-state index in [1.165, 1.54) is 31.2 Å². The summed E-state index contributed by atoms with van der Waals surface area (Å²) in [6.07, 6.45) is 7.04.